The summed E-state index contributed by atoms with van der Waals surface area (Å²) in [7, 11) is 0. The van der Waals surface area contributed by atoms with Gasteiger partial charge in [0.05, 0.1) is 0 Å². The van der Waals surface area contributed by atoms with E-state index in [4.69, 9.17) is 0 Å². The molecule has 0 bridgehead atoms. The Hall–Kier alpha value is 0.670. The summed E-state index contributed by atoms with van der Waals surface area (Å²) < 4.78 is 17.6. The molecule has 14 heavy (non-hydrogen) atoms. The van der Waals surface area contributed by atoms with E-state index in [1.807, 2.05) is 0 Å². The second kappa shape index (κ2) is 6.30. The molecule has 0 rings (SSSR count). The predicted molar refractivity (Wildman–Crippen MR) is 61.1 cm³/mol. The molecule has 0 atom stereocenters. The summed E-state index contributed by atoms with van der Waals surface area (Å²) in [6.45, 7) is 8.76. The van der Waals surface area contributed by atoms with Gasteiger partial charge >= 0.3 is 91.4 Å². The molecule has 1 nitrogen and oxygen atoms in total. The third-order valence-electron chi connectivity index (χ3n) is 3.53. The number of hydrogen-bond acceptors (Lipinski definition) is 1. The second-order valence-electron chi connectivity index (χ2n) is 5.08. The zero-order valence-electron chi connectivity index (χ0n) is 10.6. The normalized spacial score (nSPS) is 13.2. The molecule has 0 saturated carbocycles. The third-order valence-corrected chi connectivity index (χ3v) is 28.9. The summed E-state index contributed by atoms with van der Waals surface area (Å²) in [5, 5.41) is 0. The minimum absolute atomic E-state index is 1.08. The molecule has 0 aromatic carbocycles. The van der Waals surface area contributed by atoms with Crippen LogP contribution in [0.25, 0.3) is 0 Å². The summed E-state index contributed by atoms with van der Waals surface area (Å²) >= 11 is -3.57. The van der Waals surface area contributed by atoms with Gasteiger partial charge in [-0.25, -0.2) is 0 Å². The maximum atomic E-state index is 13.3. The fourth-order valence-electron chi connectivity index (χ4n) is 3.28. The van der Waals surface area contributed by atoms with Crippen molar-refractivity contribution in [2.45, 2.75) is 70.1 Å². The van der Waals surface area contributed by atoms with Crippen LogP contribution in [0.4, 0.5) is 0 Å². The fraction of sp³-hybridized carbons (Fsp3) is 1.00. The molecule has 0 radical (unpaired) electrons. The van der Waals surface area contributed by atoms with Gasteiger partial charge < -0.3 is 0 Å². The first-order valence-electron chi connectivity index (χ1n) is 6.45. The molecule has 0 N–H and O–H groups in total. The van der Waals surface area contributed by atoms with Gasteiger partial charge in [0.25, 0.3) is 0 Å². The van der Waals surface area contributed by atoms with E-state index in [-0.39, 0.29) is 0 Å². The van der Waals surface area contributed by atoms with Gasteiger partial charge in [0.2, 0.25) is 0 Å². The van der Waals surface area contributed by atoms with E-state index in [9.17, 15) is 2.85 Å². The van der Waals surface area contributed by atoms with Crippen LogP contribution in [0.2, 0.25) is 16.7 Å². The van der Waals surface area contributed by atoms with Gasteiger partial charge in [0.15, 0.2) is 0 Å². The second-order valence-corrected chi connectivity index (χ2v) is 27.2. The molecule has 0 unspecified atom stereocenters. The van der Waals surface area contributed by atoms with Gasteiger partial charge in [-0.15, -0.1) is 0 Å². The van der Waals surface area contributed by atoms with Gasteiger partial charge in [-0.3, -0.25) is 0 Å². The van der Waals surface area contributed by atoms with Gasteiger partial charge in [0, 0.05) is 0 Å². The van der Waals surface area contributed by atoms with E-state index in [1.54, 1.807) is 0 Å². The van der Waals surface area contributed by atoms with Crippen molar-refractivity contribution in [3.05, 3.63) is 0 Å². The summed E-state index contributed by atoms with van der Waals surface area (Å²) in [6, 6.07) is 0. The third kappa shape index (κ3) is 4.04. The Labute approximate surface area is 91.2 Å². The number of rotatable bonds is 8. The Bertz CT molecular complexity index is 163. The molecule has 0 aromatic heterocycles. The van der Waals surface area contributed by atoms with E-state index >= 15 is 0 Å². The van der Waals surface area contributed by atoms with Gasteiger partial charge in [-0.1, -0.05) is 0 Å². The molecule has 0 amide bonds. The Balaban J connectivity index is 4.80. The molecule has 86 valence electrons. The SMILES string of the molecule is CC[CH2][Hf](=[O])([CH2]CC)([CH2]CC)[CH2]CC. The maximum absolute atomic E-state index is 13.3. The first-order valence-corrected chi connectivity index (χ1v) is 18.1. The van der Waals surface area contributed by atoms with Crippen molar-refractivity contribution in [2.24, 2.45) is 0 Å². The Morgan fingerprint density at radius 2 is 0.857 bits per heavy atom. The molecule has 0 aromatic rings. The first-order chi connectivity index (χ1) is 6.54. The zero-order chi connectivity index (χ0) is 11.1. The van der Waals surface area contributed by atoms with Crippen molar-refractivity contribution < 1.29 is 21.4 Å². The van der Waals surface area contributed by atoms with Crippen molar-refractivity contribution in [1.29, 1.82) is 0 Å². The first kappa shape index (κ1) is 14.7. The molecular weight excluding hydrogens is 339 g/mol. The van der Waals surface area contributed by atoms with Crippen LogP contribution < -0.4 is 0 Å². The summed E-state index contributed by atoms with van der Waals surface area (Å²) in [5.41, 5.74) is 0. The van der Waals surface area contributed by atoms with E-state index in [1.165, 1.54) is 0 Å². The molecule has 0 saturated heterocycles. The molecule has 2 heteroatoms. The standard InChI is InChI=1S/4C3H7.Hf.O/c4*1-3-2;;/h4*1,3H2,2H3;;. The van der Waals surface area contributed by atoms with Crippen LogP contribution in [0.15, 0.2) is 0 Å². The van der Waals surface area contributed by atoms with Crippen LogP contribution in [-0.4, -0.2) is 0 Å². The van der Waals surface area contributed by atoms with Crippen LogP contribution in [0.3, 0.4) is 0 Å². The Kier molecular flexibility index (Phi) is 6.60. The van der Waals surface area contributed by atoms with E-state index in [0.717, 1.165) is 42.4 Å². The van der Waals surface area contributed by atoms with Crippen molar-refractivity contribution in [3.8, 4) is 0 Å². The minimum atomic E-state index is -3.57. The van der Waals surface area contributed by atoms with Crippen molar-refractivity contribution in [1.82, 2.24) is 0 Å². The van der Waals surface area contributed by atoms with Gasteiger partial charge in [-0.05, 0) is 0 Å². The van der Waals surface area contributed by atoms with Crippen molar-refractivity contribution in [3.63, 3.8) is 0 Å². The van der Waals surface area contributed by atoms with Crippen LogP contribution >= 0.6 is 0 Å². The predicted octanol–water partition coefficient (Wildman–Crippen LogP) is 5.33. The molecule has 0 spiro atoms. The van der Waals surface area contributed by atoms with E-state index in [2.05, 4.69) is 27.7 Å². The van der Waals surface area contributed by atoms with Crippen molar-refractivity contribution >= 4 is 0 Å². The molecule has 0 heterocycles. The van der Waals surface area contributed by atoms with Crippen LogP contribution in [0.1, 0.15) is 53.4 Å². The van der Waals surface area contributed by atoms with E-state index < -0.39 is 18.5 Å². The van der Waals surface area contributed by atoms with Crippen LogP contribution in [-0.2, 0) is 21.4 Å². The van der Waals surface area contributed by atoms with Gasteiger partial charge in [-0.2, -0.15) is 0 Å². The molecule has 0 fully saturated rings. The summed E-state index contributed by atoms with van der Waals surface area (Å²) in [5.74, 6) is 0. The average molecular weight is 367 g/mol. The van der Waals surface area contributed by atoms with Crippen LogP contribution in [0, 0.1) is 0 Å². The molecule has 0 aliphatic rings. The monoisotopic (exact) mass is 368 g/mol. The molecular formula is C12H28HfO. The quantitative estimate of drug-likeness (QED) is 0.530. The molecule has 0 aliphatic heterocycles. The van der Waals surface area contributed by atoms with Crippen molar-refractivity contribution in [2.75, 3.05) is 0 Å². The Morgan fingerprint density at radius 1 is 0.643 bits per heavy atom. The molecule has 0 aliphatic carbocycles. The fourth-order valence-corrected chi connectivity index (χ4v) is 26.8. The summed E-state index contributed by atoms with van der Waals surface area (Å²) in [4.78, 5) is 0. The number of hydrogen-bond donors (Lipinski definition) is 0. The van der Waals surface area contributed by atoms with E-state index in [0.29, 0.717) is 0 Å². The summed E-state index contributed by atoms with van der Waals surface area (Å²) in [6.07, 6.45) is 4.50. The zero-order valence-corrected chi connectivity index (χ0v) is 14.2. The average Bonchev–Trinajstić information content (AvgIpc) is 2.05. The van der Waals surface area contributed by atoms with Crippen LogP contribution in [0.5, 0.6) is 0 Å². The van der Waals surface area contributed by atoms with Gasteiger partial charge in [0.1, 0.15) is 0 Å². The Morgan fingerprint density at radius 3 is 1.00 bits per heavy atom. The topological polar surface area (TPSA) is 17.1 Å².